The number of rotatable bonds is 14. The van der Waals surface area contributed by atoms with Gasteiger partial charge in [0, 0.05) is 38.0 Å². The number of benzene rings is 2. The first-order valence-corrected chi connectivity index (χ1v) is 14.3. The molecule has 39 heavy (non-hydrogen) atoms. The van der Waals surface area contributed by atoms with Gasteiger partial charge in [0.25, 0.3) is 0 Å². The number of para-hydroxylation sites is 1. The van der Waals surface area contributed by atoms with Gasteiger partial charge in [0.05, 0.1) is 26.2 Å². The summed E-state index contributed by atoms with van der Waals surface area (Å²) in [5, 5.41) is 10.5. The lowest BCUT2D eigenvalue weighted by molar-refractivity contribution is -0.143. The largest absolute Gasteiger partial charge is 0.496 e. The zero-order valence-electron chi connectivity index (χ0n) is 23.3. The molecule has 8 heteroatoms. The number of methoxy groups -OCH3 is 1. The number of aliphatic carboxylic acids is 1. The van der Waals surface area contributed by atoms with Crippen molar-refractivity contribution in [3.8, 4) is 11.5 Å². The van der Waals surface area contributed by atoms with Crippen LogP contribution in [0.25, 0.3) is 0 Å². The lowest BCUT2D eigenvalue weighted by atomic mass is 9.82. The standard InChI is InChI=1S/C31H43N3O5/c1-3-4-15-33(16-8-7-14-32)29(35)21-34-20-25(22-11-12-28-24(18-22)13-17-39-28)30(31(36)37)26(34)19-23-9-5-6-10-27(23)38-2/h5-6,9-12,18,25-26,30H,3-4,7-8,13-17,19-21,32H2,1-2H3,(H,36,37)/t25-,26+,30-/m1/s1. The van der Waals surface area contributed by atoms with Gasteiger partial charge in [-0.2, -0.15) is 0 Å². The quantitative estimate of drug-likeness (QED) is 0.354. The number of carbonyl (C=O) groups excluding carboxylic acids is 1. The molecule has 8 nitrogen and oxygen atoms in total. The van der Waals surface area contributed by atoms with Crippen LogP contribution in [0, 0.1) is 5.92 Å². The average Bonchev–Trinajstić information content (AvgIpc) is 3.55. The number of carbonyl (C=O) groups is 2. The molecule has 0 radical (unpaired) electrons. The topological polar surface area (TPSA) is 105 Å². The van der Waals surface area contributed by atoms with E-state index in [4.69, 9.17) is 15.2 Å². The third kappa shape index (κ3) is 6.92. The Morgan fingerprint density at radius 1 is 1.15 bits per heavy atom. The maximum absolute atomic E-state index is 13.7. The molecule has 0 spiro atoms. The number of hydrogen-bond donors (Lipinski definition) is 2. The molecule has 0 bridgehead atoms. The minimum absolute atomic E-state index is 0.0534. The molecule has 0 saturated carbocycles. The van der Waals surface area contributed by atoms with Gasteiger partial charge in [0.2, 0.25) is 5.91 Å². The fraction of sp³-hybridized carbons (Fsp3) is 0.548. The summed E-state index contributed by atoms with van der Waals surface area (Å²) in [7, 11) is 1.63. The van der Waals surface area contributed by atoms with Crippen molar-refractivity contribution in [2.24, 2.45) is 11.7 Å². The summed E-state index contributed by atoms with van der Waals surface area (Å²) in [4.78, 5) is 30.6. The maximum atomic E-state index is 13.7. The molecular formula is C31H43N3O5. The van der Waals surface area contributed by atoms with Crippen molar-refractivity contribution in [2.45, 2.75) is 57.4 Å². The van der Waals surface area contributed by atoms with Crippen molar-refractivity contribution in [1.82, 2.24) is 9.80 Å². The number of unbranched alkanes of at least 4 members (excludes halogenated alkanes) is 2. The monoisotopic (exact) mass is 537 g/mol. The zero-order valence-corrected chi connectivity index (χ0v) is 23.3. The molecule has 2 aromatic rings. The van der Waals surface area contributed by atoms with E-state index in [0.717, 1.165) is 60.3 Å². The van der Waals surface area contributed by atoms with Gasteiger partial charge in [0.15, 0.2) is 0 Å². The lowest BCUT2D eigenvalue weighted by Gasteiger charge is -2.30. The number of likely N-dealkylation sites (tertiary alicyclic amines) is 1. The number of carboxylic acids is 1. The van der Waals surface area contributed by atoms with E-state index in [1.165, 1.54) is 0 Å². The van der Waals surface area contributed by atoms with E-state index in [9.17, 15) is 14.7 Å². The van der Waals surface area contributed by atoms with Crippen LogP contribution in [0.5, 0.6) is 11.5 Å². The van der Waals surface area contributed by atoms with Crippen LogP contribution in [0.15, 0.2) is 42.5 Å². The molecule has 4 rings (SSSR count). The summed E-state index contributed by atoms with van der Waals surface area (Å²) in [6.07, 6.45) is 5.01. The first kappa shape index (κ1) is 28.9. The molecule has 2 aromatic carbocycles. The van der Waals surface area contributed by atoms with Crippen LogP contribution in [-0.2, 0) is 22.4 Å². The maximum Gasteiger partial charge on any atom is 0.308 e. The van der Waals surface area contributed by atoms with Crippen LogP contribution in [0.2, 0.25) is 0 Å². The summed E-state index contributed by atoms with van der Waals surface area (Å²) in [6, 6.07) is 13.5. The number of ether oxygens (including phenoxy) is 2. The fourth-order valence-electron chi connectivity index (χ4n) is 6.05. The van der Waals surface area contributed by atoms with Crippen LogP contribution in [0.4, 0.5) is 0 Å². The Balaban J connectivity index is 1.64. The Kier molecular flexibility index (Phi) is 10.2. The van der Waals surface area contributed by atoms with Gasteiger partial charge >= 0.3 is 5.97 Å². The smallest absolute Gasteiger partial charge is 0.308 e. The van der Waals surface area contributed by atoms with E-state index < -0.39 is 11.9 Å². The van der Waals surface area contributed by atoms with E-state index in [-0.39, 0.29) is 24.4 Å². The second-order valence-corrected chi connectivity index (χ2v) is 10.7. The highest BCUT2D eigenvalue weighted by Crippen LogP contribution is 2.41. The van der Waals surface area contributed by atoms with E-state index in [1.54, 1.807) is 7.11 Å². The Morgan fingerprint density at radius 2 is 1.95 bits per heavy atom. The van der Waals surface area contributed by atoms with Gasteiger partial charge in [-0.15, -0.1) is 0 Å². The predicted molar refractivity (Wildman–Crippen MR) is 151 cm³/mol. The van der Waals surface area contributed by atoms with Crippen LogP contribution in [0.3, 0.4) is 0 Å². The van der Waals surface area contributed by atoms with E-state index in [1.807, 2.05) is 41.3 Å². The minimum atomic E-state index is -0.836. The molecule has 0 aliphatic carbocycles. The van der Waals surface area contributed by atoms with Crippen LogP contribution in [0.1, 0.15) is 55.2 Å². The van der Waals surface area contributed by atoms with Crippen LogP contribution < -0.4 is 15.2 Å². The molecule has 1 amide bonds. The molecule has 1 saturated heterocycles. The van der Waals surface area contributed by atoms with Gasteiger partial charge in [-0.05, 0) is 61.1 Å². The van der Waals surface area contributed by atoms with Crippen molar-refractivity contribution in [2.75, 3.05) is 46.4 Å². The summed E-state index contributed by atoms with van der Waals surface area (Å²) in [5.74, 6) is -0.0654. The molecule has 3 atom stereocenters. The number of carboxylic acid groups (broad SMARTS) is 1. The zero-order chi connectivity index (χ0) is 27.8. The number of fused-ring (bicyclic) bond motifs is 1. The van der Waals surface area contributed by atoms with E-state index in [2.05, 4.69) is 17.9 Å². The van der Waals surface area contributed by atoms with E-state index in [0.29, 0.717) is 39.2 Å². The second kappa shape index (κ2) is 13.8. The Hall–Kier alpha value is -3.10. The molecule has 3 N–H and O–H groups in total. The summed E-state index contributed by atoms with van der Waals surface area (Å²) >= 11 is 0. The number of amides is 1. The number of nitrogens with zero attached hydrogens (tertiary/aromatic N) is 2. The van der Waals surface area contributed by atoms with Gasteiger partial charge in [-0.25, -0.2) is 0 Å². The van der Waals surface area contributed by atoms with Crippen molar-refractivity contribution >= 4 is 11.9 Å². The third-order valence-electron chi connectivity index (χ3n) is 8.15. The Bertz CT molecular complexity index is 1120. The second-order valence-electron chi connectivity index (χ2n) is 10.7. The van der Waals surface area contributed by atoms with Gasteiger partial charge in [-0.3, -0.25) is 14.5 Å². The Labute approximate surface area is 232 Å². The fourth-order valence-corrected chi connectivity index (χ4v) is 6.05. The highest BCUT2D eigenvalue weighted by Gasteiger charge is 2.47. The molecule has 2 aliphatic rings. The average molecular weight is 538 g/mol. The molecule has 1 fully saturated rings. The molecular weight excluding hydrogens is 494 g/mol. The minimum Gasteiger partial charge on any atom is -0.496 e. The van der Waals surface area contributed by atoms with Crippen molar-refractivity contribution < 1.29 is 24.2 Å². The van der Waals surface area contributed by atoms with Crippen LogP contribution in [-0.4, -0.2) is 79.3 Å². The SMILES string of the molecule is CCCCN(CCCCN)C(=O)CN1C[C@H](c2ccc3c(c2)CCO3)[C@@H](C(=O)O)[C@@H]1Cc1ccccc1OC. The summed E-state index contributed by atoms with van der Waals surface area (Å²) in [6.45, 7) is 5.47. The van der Waals surface area contributed by atoms with E-state index >= 15 is 0 Å². The number of nitrogens with two attached hydrogens (primary N) is 1. The first-order chi connectivity index (χ1) is 19.0. The van der Waals surface area contributed by atoms with Crippen molar-refractivity contribution in [3.63, 3.8) is 0 Å². The third-order valence-corrected chi connectivity index (χ3v) is 8.15. The van der Waals surface area contributed by atoms with Gasteiger partial charge < -0.3 is 25.2 Å². The molecule has 2 aliphatic heterocycles. The predicted octanol–water partition coefficient (Wildman–Crippen LogP) is 3.71. The van der Waals surface area contributed by atoms with Crippen LogP contribution >= 0.6 is 0 Å². The highest BCUT2D eigenvalue weighted by molar-refractivity contribution is 5.79. The normalized spacial score (nSPS) is 20.4. The molecule has 2 heterocycles. The lowest BCUT2D eigenvalue weighted by Crippen LogP contribution is -2.45. The van der Waals surface area contributed by atoms with Gasteiger partial charge in [-0.1, -0.05) is 43.7 Å². The first-order valence-electron chi connectivity index (χ1n) is 14.3. The highest BCUT2D eigenvalue weighted by atomic mass is 16.5. The molecule has 0 unspecified atom stereocenters. The Morgan fingerprint density at radius 3 is 2.69 bits per heavy atom. The van der Waals surface area contributed by atoms with Crippen molar-refractivity contribution in [1.29, 1.82) is 0 Å². The van der Waals surface area contributed by atoms with Gasteiger partial charge in [0.1, 0.15) is 11.5 Å². The molecule has 0 aromatic heterocycles. The molecule has 212 valence electrons. The van der Waals surface area contributed by atoms with Crippen molar-refractivity contribution in [3.05, 3.63) is 59.2 Å². The number of hydrogen-bond acceptors (Lipinski definition) is 6. The summed E-state index contributed by atoms with van der Waals surface area (Å²) < 4.78 is 11.3. The summed E-state index contributed by atoms with van der Waals surface area (Å²) in [5.41, 5.74) is 8.77.